The Bertz CT molecular complexity index is 1340. The maximum atomic E-state index is 12.2. The number of hydrogen-bond donors (Lipinski definition) is 1. The number of amides is 1. The summed E-state index contributed by atoms with van der Waals surface area (Å²) in [6.07, 6.45) is 7.63. The number of morpholine rings is 1. The third-order valence-electron chi connectivity index (χ3n) is 6.27. The Morgan fingerprint density at radius 2 is 1.94 bits per heavy atom. The second kappa shape index (κ2) is 7.56. The van der Waals surface area contributed by atoms with Crippen LogP contribution in [0.3, 0.4) is 0 Å². The summed E-state index contributed by atoms with van der Waals surface area (Å²) < 4.78 is 7.39. The molecular formula is C24H24N6O2. The predicted octanol–water partition coefficient (Wildman–Crippen LogP) is 3.44. The second-order valence-electron chi connectivity index (χ2n) is 8.52. The van der Waals surface area contributed by atoms with E-state index in [1.54, 1.807) is 6.20 Å². The molecule has 4 aromatic rings. The first-order valence-corrected chi connectivity index (χ1v) is 11.0. The van der Waals surface area contributed by atoms with Gasteiger partial charge in [-0.05, 0) is 49.4 Å². The third-order valence-corrected chi connectivity index (χ3v) is 6.27. The first-order valence-electron chi connectivity index (χ1n) is 11.0. The first kappa shape index (κ1) is 19.2. The van der Waals surface area contributed by atoms with Crippen molar-refractivity contribution in [2.75, 3.05) is 36.5 Å². The maximum Gasteiger partial charge on any atom is 0.228 e. The van der Waals surface area contributed by atoms with E-state index in [0.29, 0.717) is 5.82 Å². The number of aryl methyl sites for hydroxylation is 1. The molecule has 8 nitrogen and oxygen atoms in total. The largest absolute Gasteiger partial charge is 0.378 e. The van der Waals surface area contributed by atoms with Crippen LogP contribution in [0.5, 0.6) is 0 Å². The number of pyridine rings is 3. The summed E-state index contributed by atoms with van der Waals surface area (Å²) in [4.78, 5) is 23.6. The van der Waals surface area contributed by atoms with Crippen molar-refractivity contribution in [3.05, 3.63) is 48.5 Å². The molecule has 1 saturated carbocycles. The second-order valence-corrected chi connectivity index (χ2v) is 8.52. The minimum atomic E-state index is 0.0487. The number of fused-ring (bicyclic) bond motifs is 2. The molecule has 6 rings (SSSR count). The highest BCUT2D eigenvalue weighted by molar-refractivity contribution is 6.00. The molecular weight excluding hydrogens is 404 g/mol. The Kier molecular flexibility index (Phi) is 4.53. The van der Waals surface area contributed by atoms with Gasteiger partial charge >= 0.3 is 0 Å². The molecule has 0 aromatic carbocycles. The van der Waals surface area contributed by atoms with Crippen LogP contribution in [0.4, 0.5) is 11.5 Å². The number of carbonyl (C=O) groups excluding carboxylic acids is 1. The van der Waals surface area contributed by atoms with Gasteiger partial charge in [0.15, 0.2) is 0 Å². The molecule has 1 amide bonds. The summed E-state index contributed by atoms with van der Waals surface area (Å²) in [5.74, 6) is 0.748. The number of anilines is 2. The molecule has 2 fully saturated rings. The molecule has 1 N–H and O–H groups in total. The van der Waals surface area contributed by atoms with Gasteiger partial charge in [-0.25, -0.2) is 9.50 Å². The SMILES string of the molecule is Cc1ncc(-c2cc3ccc(N4CCOCC4)cn3n2)c2cc(NC(=O)C3CC3)ncc12. The van der Waals surface area contributed by atoms with Crippen molar-refractivity contribution in [1.29, 1.82) is 0 Å². The van der Waals surface area contributed by atoms with Gasteiger partial charge in [-0.3, -0.25) is 9.78 Å². The van der Waals surface area contributed by atoms with Crippen molar-refractivity contribution in [3.63, 3.8) is 0 Å². The van der Waals surface area contributed by atoms with Crippen LogP contribution in [-0.2, 0) is 9.53 Å². The number of carbonyl (C=O) groups is 1. The van der Waals surface area contributed by atoms with E-state index in [1.807, 2.05) is 23.7 Å². The van der Waals surface area contributed by atoms with Gasteiger partial charge in [-0.1, -0.05) is 0 Å². The van der Waals surface area contributed by atoms with E-state index in [-0.39, 0.29) is 11.8 Å². The molecule has 0 radical (unpaired) electrons. The van der Waals surface area contributed by atoms with Crippen LogP contribution in [0.25, 0.3) is 27.5 Å². The van der Waals surface area contributed by atoms with Crippen LogP contribution in [0.15, 0.2) is 42.9 Å². The number of ether oxygens (including phenoxy) is 1. The van der Waals surface area contributed by atoms with Crippen molar-refractivity contribution in [1.82, 2.24) is 19.6 Å². The van der Waals surface area contributed by atoms with E-state index in [9.17, 15) is 4.79 Å². The van der Waals surface area contributed by atoms with Gasteiger partial charge in [0, 0.05) is 48.0 Å². The van der Waals surface area contributed by atoms with E-state index in [0.717, 1.165) is 78.1 Å². The smallest absolute Gasteiger partial charge is 0.228 e. The maximum absolute atomic E-state index is 12.2. The Balaban J connectivity index is 1.40. The zero-order chi connectivity index (χ0) is 21.7. The number of nitrogens with zero attached hydrogens (tertiary/aromatic N) is 5. The van der Waals surface area contributed by atoms with Crippen molar-refractivity contribution in [2.45, 2.75) is 19.8 Å². The third kappa shape index (κ3) is 3.46. The normalized spacial score (nSPS) is 16.6. The number of nitrogens with one attached hydrogen (secondary N) is 1. The fraction of sp³-hybridized carbons (Fsp3) is 0.333. The van der Waals surface area contributed by atoms with E-state index >= 15 is 0 Å². The highest BCUT2D eigenvalue weighted by atomic mass is 16.5. The van der Waals surface area contributed by atoms with Crippen LogP contribution < -0.4 is 10.2 Å². The molecule has 2 aliphatic rings. The quantitative estimate of drug-likeness (QED) is 0.536. The summed E-state index contributed by atoms with van der Waals surface area (Å²) in [6.45, 7) is 5.23. The Labute approximate surface area is 185 Å². The van der Waals surface area contributed by atoms with Crippen LogP contribution in [0.2, 0.25) is 0 Å². The lowest BCUT2D eigenvalue weighted by Gasteiger charge is -2.28. The number of hydrogen-bond acceptors (Lipinski definition) is 6. The van der Waals surface area contributed by atoms with Gasteiger partial charge in [0.05, 0.1) is 36.3 Å². The van der Waals surface area contributed by atoms with Crippen LogP contribution in [0.1, 0.15) is 18.5 Å². The topological polar surface area (TPSA) is 84.7 Å². The number of rotatable bonds is 4. The molecule has 1 aliphatic heterocycles. The monoisotopic (exact) mass is 428 g/mol. The Morgan fingerprint density at radius 1 is 1.09 bits per heavy atom. The standard InChI is InChI=1S/C24H24N6O2/c1-15-20-12-26-23(27-24(31)16-2-3-16)11-19(20)21(13-25-15)22-10-17-4-5-18(14-30(17)28-22)29-6-8-32-9-7-29/h4-5,10-14,16H,2-3,6-9H2,1H3,(H,26,27,31). The number of aromatic nitrogens is 4. The van der Waals surface area contributed by atoms with Gasteiger partial charge < -0.3 is 15.0 Å². The lowest BCUT2D eigenvalue weighted by atomic mass is 10.0. The van der Waals surface area contributed by atoms with Crippen LogP contribution in [-0.4, -0.2) is 51.8 Å². The zero-order valence-electron chi connectivity index (χ0n) is 17.9. The van der Waals surface area contributed by atoms with E-state index < -0.39 is 0 Å². The molecule has 0 bridgehead atoms. The molecule has 5 heterocycles. The van der Waals surface area contributed by atoms with Gasteiger partial charge in [-0.15, -0.1) is 0 Å². The Hall–Kier alpha value is -3.52. The molecule has 4 aromatic heterocycles. The molecule has 8 heteroatoms. The lowest BCUT2D eigenvalue weighted by molar-refractivity contribution is -0.117. The van der Waals surface area contributed by atoms with Crippen LogP contribution in [0, 0.1) is 12.8 Å². The summed E-state index contributed by atoms with van der Waals surface area (Å²) in [5.41, 5.74) is 4.81. The summed E-state index contributed by atoms with van der Waals surface area (Å²) in [7, 11) is 0. The highest BCUT2D eigenvalue weighted by Gasteiger charge is 2.29. The average Bonchev–Trinajstić information content (AvgIpc) is 3.59. The van der Waals surface area contributed by atoms with Gasteiger partial charge in [-0.2, -0.15) is 5.10 Å². The minimum Gasteiger partial charge on any atom is -0.378 e. The molecule has 0 unspecified atom stereocenters. The molecule has 1 aliphatic carbocycles. The minimum absolute atomic E-state index is 0.0487. The van der Waals surface area contributed by atoms with Gasteiger partial charge in [0.25, 0.3) is 0 Å². The highest BCUT2D eigenvalue weighted by Crippen LogP contribution is 2.33. The molecule has 32 heavy (non-hydrogen) atoms. The van der Waals surface area contributed by atoms with Crippen molar-refractivity contribution in [3.8, 4) is 11.3 Å². The van der Waals surface area contributed by atoms with Crippen LogP contribution >= 0.6 is 0 Å². The van der Waals surface area contributed by atoms with Crippen molar-refractivity contribution >= 4 is 33.7 Å². The molecule has 0 spiro atoms. The summed E-state index contributed by atoms with van der Waals surface area (Å²) in [6, 6.07) is 8.22. The fourth-order valence-electron chi connectivity index (χ4n) is 4.23. The first-order chi connectivity index (χ1) is 15.7. The van der Waals surface area contributed by atoms with E-state index in [1.165, 1.54) is 0 Å². The molecule has 162 valence electrons. The van der Waals surface area contributed by atoms with E-state index in [4.69, 9.17) is 9.84 Å². The Morgan fingerprint density at radius 3 is 2.75 bits per heavy atom. The predicted molar refractivity (Wildman–Crippen MR) is 123 cm³/mol. The van der Waals surface area contributed by atoms with Crippen molar-refractivity contribution < 1.29 is 9.53 Å². The molecule has 0 atom stereocenters. The van der Waals surface area contributed by atoms with Gasteiger partial charge in [0.1, 0.15) is 5.82 Å². The zero-order valence-corrected chi connectivity index (χ0v) is 17.9. The summed E-state index contributed by atoms with van der Waals surface area (Å²) >= 11 is 0. The fourth-order valence-corrected chi connectivity index (χ4v) is 4.23. The van der Waals surface area contributed by atoms with Gasteiger partial charge in [0.2, 0.25) is 5.91 Å². The van der Waals surface area contributed by atoms with E-state index in [2.05, 4.69) is 44.6 Å². The van der Waals surface area contributed by atoms with Crippen molar-refractivity contribution in [2.24, 2.45) is 5.92 Å². The lowest BCUT2D eigenvalue weighted by Crippen LogP contribution is -2.36. The molecule has 1 saturated heterocycles. The average molecular weight is 428 g/mol. The summed E-state index contributed by atoms with van der Waals surface area (Å²) in [5, 5.41) is 9.75.